The van der Waals surface area contributed by atoms with E-state index in [2.05, 4.69) is 5.32 Å². The van der Waals surface area contributed by atoms with Gasteiger partial charge < -0.3 is 10.2 Å². The Morgan fingerprint density at radius 3 is 2.33 bits per heavy atom. The number of nitrogens with one attached hydrogen (secondary N) is 1. The molecule has 21 heavy (non-hydrogen) atoms. The molecule has 0 heterocycles. The van der Waals surface area contributed by atoms with Gasteiger partial charge in [-0.1, -0.05) is 12.1 Å². The third-order valence-electron chi connectivity index (χ3n) is 2.96. The third kappa shape index (κ3) is 5.79. The molecule has 0 fully saturated rings. The zero-order valence-corrected chi connectivity index (χ0v) is 14.0. The van der Waals surface area contributed by atoms with Crippen molar-refractivity contribution in [1.29, 1.82) is 0 Å². The summed E-state index contributed by atoms with van der Waals surface area (Å²) in [6, 6.07) is 7.67. The Labute approximate surface area is 131 Å². The lowest BCUT2D eigenvalue weighted by Crippen LogP contribution is -2.42. The van der Waals surface area contributed by atoms with Crippen molar-refractivity contribution in [1.82, 2.24) is 10.2 Å². The Morgan fingerprint density at radius 1 is 1.24 bits per heavy atom. The zero-order chi connectivity index (χ0) is 15.8. The van der Waals surface area contributed by atoms with E-state index in [-0.39, 0.29) is 24.4 Å². The first-order chi connectivity index (χ1) is 9.97. The van der Waals surface area contributed by atoms with Gasteiger partial charge in [0, 0.05) is 23.9 Å². The number of carbonyl (C=O) groups is 2. The molecule has 2 amide bonds. The van der Waals surface area contributed by atoms with Crippen LogP contribution in [0.5, 0.6) is 0 Å². The van der Waals surface area contributed by atoms with Gasteiger partial charge >= 0.3 is 0 Å². The van der Waals surface area contributed by atoms with Crippen molar-refractivity contribution in [3.8, 4) is 0 Å². The number of hydrogen-bond donors (Lipinski definition) is 1. The molecular formula is C16H24N2O2S. The fourth-order valence-corrected chi connectivity index (χ4v) is 2.49. The lowest BCUT2D eigenvalue weighted by Gasteiger charge is -2.21. The van der Waals surface area contributed by atoms with Gasteiger partial charge in [-0.2, -0.15) is 11.8 Å². The van der Waals surface area contributed by atoms with E-state index in [1.165, 1.54) is 5.56 Å². The second-order valence-corrected chi connectivity index (χ2v) is 6.04. The second-order valence-electron chi connectivity index (χ2n) is 5.17. The Bertz CT molecular complexity index is 472. The summed E-state index contributed by atoms with van der Waals surface area (Å²) < 4.78 is 0. The summed E-state index contributed by atoms with van der Waals surface area (Å²) in [6.07, 6.45) is 2.05. The highest BCUT2D eigenvalue weighted by Gasteiger charge is 2.17. The maximum Gasteiger partial charge on any atom is 0.254 e. The van der Waals surface area contributed by atoms with E-state index < -0.39 is 0 Å². The number of benzene rings is 1. The Kier molecular flexibility index (Phi) is 7.29. The van der Waals surface area contributed by atoms with Crippen LogP contribution in [0.15, 0.2) is 24.3 Å². The highest BCUT2D eigenvalue weighted by Crippen LogP contribution is 2.12. The molecule has 0 aliphatic rings. The summed E-state index contributed by atoms with van der Waals surface area (Å²) in [6.45, 7) is 6.29. The van der Waals surface area contributed by atoms with Crippen LogP contribution in [0.4, 0.5) is 0 Å². The van der Waals surface area contributed by atoms with E-state index in [4.69, 9.17) is 0 Å². The molecule has 1 aromatic rings. The van der Waals surface area contributed by atoms with E-state index in [9.17, 15) is 9.59 Å². The molecule has 1 aromatic carbocycles. The number of likely N-dealkylation sites (N-methyl/N-ethyl adjacent to an activating group) is 1. The SMILES string of the molecule is CCN(CC(=O)NC(C)C)C(=O)c1ccc(CSC)cc1. The largest absolute Gasteiger partial charge is 0.352 e. The first-order valence-electron chi connectivity index (χ1n) is 7.14. The van der Waals surface area contributed by atoms with Gasteiger partial charge in [0.1, 0.15) is 0 Å². The van der Waals surface area contributed by atoms with Crippen LogP contribution in [-0.2, 0) is 10.5 Å². The average Bonchev–Trinajstić information content (AvgIpc) is 2.44. The van der Waals surface area contributed by atoms with E-state index in [0.717, 1.165) is 5.75 Å². The number of thioether (sulfide) groups is 1. The number of amides is 2. The molecule has 0 saturated carbocycles. The third-order valence-corrected chi connectivity index (χ3v) is 3.59. The van der Waals surface area contributed by atoms with Gasteiger partial charge in [-0.15, -0.1) is 0 Å². The minimum Gasteiger partial charge on any atom is -0.352 e. The summed E-state index contributed by atoms with van der Waals surface area (Å²) in [4.78, 5) is 25.8. The fraction of sp³-hybridized carbons (Fsp3) is 0.500. The standard InChI is InChI=1S/C16H24N2O2S/c1-5-18(10-15(19)17-12(2)3)16(20)14-8-6-13(7-9-14)11-21-4/h6-9,12H,5,10-11H2,1-4H3,(H,17,19). The summed E-state index contributed by atoms with van der Waals surface area (Å²) in [5.74, 6) is 0.703. The van der Waals surface area contributed by atoms with Crippen LogP contribution in [0.2, 0.25) is 0 Å². The van der Waals surface area contributed by atoms with E-state index in [1.54, 1.807) is 16.7 Å². The molecule has 4 nitrogen and oxygen atoms in total. The second kappa shape index (κ2) is 8.72. The lowest BCUT2D eigenvalue weighted by atomic mass is 10.1. The van der Waals surface area contributed by atoms with Crippen molar-refractivity contribution in [2.24, 2.45) is 0 Å². The topological polar surface area (TPSA) is 49.4 Å². The predicted molar refractivity (Wildman–Crippen MR) is 88.5 cm³/mol. The number of carbonyl (C=O) groups excluding carboxylic acids is 2. The molecule has 0 aliphatic carbocycles. The molecule has 0 atom stereocenters. The van der Waals surface area contributed by atoms with Crippen LogP contribution in [0.1, 0.15) is 36.7 Å². The molecule has 116 valence electrons. The highest BCUT2D eigenvalue weighted by molar-refractivity contribution is 7.97. The van der Waals surface area contributed by atoms with Gasteiger partial charge in [0.15, 0.2) is 0 Å². The fourth-order valence-electron chi connectivity index (χ4n) is 1.96. The molecule has 5 heteroatoms. The molecule has 1 rings (SSSR count). The van der Waals surface area contributed by atoms with Gasteiger partial charge in [0.05, 0.1) is 6.54 Å². The first kappa shape index (κ1) is 17.6. The Morgan fingerprint density at radius 2 is 1.86 bits per heavy atom. The van der Waals surface area contributed by atoms with Crippen LogP contribution >= 0.6 is 11.8 Å². The molecular weight excluding hydrogens is 284 g/mol. The summed E-state index contributed by atoms with van der Waals surface area (Å²) >= 11 is 1.75. The Hall–Kier alpha value is -1.49. The van der Waals surface area contributed by atoms with E-state index in [0.29, 0.717) is 12.1 Å². The lowest BCUT2D eigenvalue weighted by molar-refractivity contribution is -0.122. The molecule has 1 N–H and O–H groups in total. The van der Waals surface area contributed by atoms with Gasteiger partial charge in [0.2, 0.25) is 5.91 Å². The van der Waals surface area contributed by atoms with Crippen LogP contribution < -0.4 is 5.32 Å². The van der Waals surface area contributed by atoms with Crippen molar-refractivity contribution in [3.05, 3.63) is 35.4 Å². The van der Waals surface area contributed by atoms with Crippen molar-refractivity contribution in [2.75, 3.05) is 19.3 Å². The van der Waals surface area contributed by atoms with Gasteiger partial charge in [0.25, 0.3) is 5.91 Å². The molecule has 0 saturated heterocycles. The van der Waals surface area contributed by atoms with Crippen LogP contribution in [0, 0.1) is 0 Å². The quantitative estimate of drug-likeness (QED) is 0.842. The van der Waals surface area contributed by atoms with Gasteiger partial charge in [-0.25, -0.2) is 0 Å². The van der Waals surface area contributed by atoms with Gasteiger partial charge in [-0.3, -0.25) is 9.59 Å². The van der Waals surface area contributed by atoms with Crippen LogP contribution in [0.25, 0.3) is 0 Å². The number of nitrogens with zero attached hydrogens (tertiary/aromatic N) is 1. The van der Waals surface area contributed by atoms with Crippen LogP contribution in [0.3, 0.4) is 0 Å². The van der Waals surface area contributed by atoms with Crippen LogP contribution in [-0.4, -0.2) is 42.1 Å². The normalized spacial score (nSPS) is 10.5. The molecule has 0 unspecified atom stereocenters. The smallest absolute Gasteiger partial charge is 0.254 e. The minimum absolute atomic E-state index is 0.0807. The monoisotopic (exact) mass is 308 g/mol. The molecule has 0 aromatic heterocycles. The summed E-state index contributed by atoms with van der Waals surface area (Å²) in [7, 11) is 0. The van der Waals surface area contributed by atoms with Crippen molar-refractivity contribution < 1.29 is 9.59 Å². The van der Waals surface area contributed by atoms with E-state index in [1.807, 2.05) is 51.3 Å². The van der Waals surface area contributed by atoms with E-state index >= 15 is 0 Å². The molecule has 0 bridgehead atoms. The maximum atomic E-state index is 12.4. The predicted octanol–water partition coefficient (Wildman–Crippen LogP) is 2.54. The zero-order valence-electron chi connectivity index (χ0n) is 13.2. The van der Waals surface area contributed by atoms with Gasteiger partial charge in [-0.05, 0) is 44.7 Å². The number of rotatable bonds is 7. The molecule has 0 spiro atoms. The maximum absolute atomic E-state index is 12.4. The average molecular weight is 308 g/mol. The summed E-state index contributed by atoms with van der Waals surface area (Å²) in [5, 5.41) is 2.80. The highest BCUT2D eigenvalue weighted by atomic mass is 32.2. The van der Waals surface area contributed by atoms with Crippen molar-refractivity contribution in [2.45, 2.75) is 32.6 Å². The minimum atomic E-state index is -0.126. The van der Waals surface area contributed by atoms with Crippen molar-refractivity contribution in [3.63, 3.8) is 0 Å². The Balaban J connectivity index is 2.71. The van der Waals surface area contributed by atoms with Crippen molar-refractivity contribution >= 4 is 23.6 Å². The molecule has 0 radical (unpaired) electrons. The summed E-state index contributed by atoms with van der Waals surface area (Å²) in [5.41, 5.74) is 1.82. The number of hydrogen-bond acceptors (Lipinski definition) is 3. The molecule has 0 aliphatic heterocycles. The first-order valence-corrected chi connectivity index (χ1v) is 8.53.